The molecule has 0 saturated heterocycles. The first kappa shape index (κ1) is 8.27. The topological polar surface area (TPSA) is 38.4 Å². The van der Waals surface area contributed by atoms with E-state index < -0.39 is 0 Å². The van der Waals surface area contributed by atoms with Crippen molar-refractivity contribution in [1.82, 2.24) is 0 Å². The van der Waals surface area contributed by atoms with Crippen LogP contribution < -0.4 is 5.73 Å². The summed E-state index contributed by atoms with van der Waals surface area (Å²) in [6.45, 7) is 2.62. The zero-order chi connectivity index (χ0) is 8.10. The number of nitrogens with zero attached hydrogens (tertiary/aromatic N) is 1. The van der Waals surface area contributed by atoms with Gasteiger partial charge in [-0.2, -0.15) is 11.3 Å². The maximum Gasteiger partial charge on any atom is 0.0905 e. The molecule has 1 aromatic rings. The lowest BCUT2D eigenvalue weighted by Crippen LogP contribution is -2.06. The monoisotopic (exact) mass is 168 g/mol. The van der Waals surface area contributed by atoms with Crippen molar-refractivity contribution in [3.63, 3.8) is 0 Å². The van der Waals surface area contributed by atoms with Crippen LogP contribution in [0.4, 0.5) is 0 Å². The van der Waals surface area contributed by atoms with Crippen LogP contribution in [0.2, 0.25) is 0 Å². The van der Waals surface area contributed by atoms with Crippen LogP contribution in [0.15, 0.2) is 21.8 Å². The molecule has 1 heterocycles. The predicted octanol–water partition coefficient (Wildman–Crippen LogP) is 1.67. The first-order valence-electron chi connectivity index (χ1n) is 3.56. The molecule has 0 unspecified atom stereocenters. The van der Waals surface area contributed by atoms with Crippen molar-refractivity contribution in [1.29, 1.82) is 0 Å². The van der Waals surface area contributed by atoms with Gasteiger partial charge < -0.3 is 5.73 Å². The molecule has 0 spiro atoms. The zero-order valence-corrected chi connectivity index (χ0v) is 7.40. The van der Waals surface area contributed by atoms with Crippen LogP contribution in [-0.2, 0) is 6.42 Å². The summed E-state index contributed by atoms with van der Waals surface area (Å²) in [4.78, 5) is 4.10. The number of aliphatic imine (C=N–C) groups is 1. The third-order valence-corrected chi connectivity index (χ3v) is 2.07. The van der Waals surface area contributed by atoms with Crippen LogP contribution in [0.25, 0.3) is 0 Å². The summed E-state index contributed by atoms with van der Waals surface area (Å²) < 4.78 is 0. The SMILES string of the molecule is CC(N)=NCCc1ccsc1. The Hall–Kier alpha value is -0.830. The van der Waals surface area contributed by atoms with E-state index in [1.165, 1.54) is 5.56 Å². The molecule has 2 N–H and O–H groups in total. The molecule has 1 aromatic heterocycles. The fourth-order valence-corrected chi connectivity index (χ4v) is 1.50. The van der Waals surface area contributed by atoms with Crippen molar-refractivity contribution < 1.29 is 0 Å². The normalized spacial score (nSPS) is 11.9. The summed E-state index contributed by atoms with van der Waals surface area (Å²) in [6, 6.07) is 2.12. The Kier molecular flexibility index (Phi) is 3.11. The molecule has 0 fully saturated rings. The number of rotatable bonds is 3. The zero-order valence-electron chi connectivity index (χ0n) is 6.58. The van der Waals surface area contributed by atoms with Gasteiger partial charge in [0.2, 0.25) is 0 Å². The lowest BCUT2D eigenvalue weighted by Gasteiger charge is -1.92. The molecule has 11 heavy (non-hydrogen) atoms. The molecule has 3 heteroatoms. The number of amidine groups is 1. The van der Waals surface area contributed by atoms with Crippen LogP contribution in [0.1, 0.15) is 12.5 Å². The van der Waals surface area contributed by atoms with E-state index in [0.717, 1.165) is 13.0 Å². The largest absolute Gasteiger partial charge is 0.388 e. The fraction of sp³-hybridized carbons (Fsp3) is 0.375. The average Bonchev–Trinajstić information content (AvgIpc) is 2.39. The second-order valence-electron chi connectivity index (χ2n) is 2.40. The first-order chi connectivity index (χ1) is 5.29. The molecule has 0 amide bonds. The van der Waals surface area contributed by atoms with Gasteiger partial charge in [0, 0.05) is 6.54 Å². The number of hydrogen-bond donors (Lipinski definition) is 1. The molecule has 0 aromatic carbocycles. The molecular weight excluding hydrogens is 156 g/mol. The molecule has 0 radical (unpaired) electrons. The van der Waals surface area contributed by atoms with Gasteiger partial charge in [-0.05, 0) is 35.7 Å². The van der Waals surface area contributed by atoms with Crippen LogP contribution >= 0.6 is 11.3 Å². The minimum atomic E-state index is 0.667. The van der Waals surface area contributed by atoms with Gasteiger partial charge in [0.15, 0.2) is 0 Å². The lowest BCUT2D eigenvalue weighted by molar-refractivity contribution is 0.969. The quantitative estimate of drug-likeness (QED) is 0.541. The minimum absolute atomic E-state index is 0.667. The van der Waals surface area contributed by atoms with E-state index in [-0.39, 0.29) is 0 Å². The Morgan fingerprint density at radius 2 is 2.55 bits per heavy atom. The molecule has 0 bridgehead atoms. The maximum absolute atomic E-state index is 5.38. The summed E-state index contributed by atoms with van der Waals surface area (Å²) in [6.07, 6.45) is 0.998. The third-order valence-electron chi connectivity index (χ3n) is 1.34. The van der Waals surface area contributed by atoms with Gasteiger partial charge in [-0.15, -0.1) is 0 Å². The van der Waals surface area contributed by atoms with E-state index in [1.54, 1.807) is 11.3 Å². The lowest BCUT2D eigenvalue weighted by atomic mass is 10.2. The first-order valence-corrected chi connectivity index (χ1v) is 4.51. The van der Waals surface area contributed by atoms with E-state index in [1.807, 2.05) is 6.92 Å². The number of thiophene rings is 1. The highest BCUT2D eigenvalue weighted by molar-refractivity contribution is 7.07. The van der Waals surface area contributed by atoms with Gasteiger partial charge in [-0.3, -0.25) is 4.99 Å². The van der Waals surface area contributed by atoms with Crippen molar-refractivity contribution in [3.05, 3.63) is 22.4 Å². The van der Waals surface area contributed by atoms with Crippen LogP contribution in [-0.4, -0.2) is 12.4 Å². The van der Waals surface area contributed by atoms with Gasteiger partial charge in [0.25, 0.3) is 0 Å². The van der Waals surface area contributed by atoms with Gasteiger partial charge in [-0.1, -0.05) is 0 Å². The Morgan fingerprint density at radius 1 is 1.73 bits per heavy atom. The van der Waals surface area contributed by atoms with E-state index >= 15 is 0 Å². The Bertz CT molecular complexity index is 222. The van der Waals surface area contributed by atoms with E-state index in [0.29, 0.717) is 5.84 Å². The summed E-state index contributed by atoms with van der Waals surface area (Å²) in [7, 11) is 0. The molecule has 2 nitrogen and oxygen atoms in total. The van der Waals surface area contributed by atoms with Crippen LogP contribution in [0.3, 0.4) is 0 Å². The Labute approximate surface area is 70.8 Å². The molecule has 0 atom stereocenters. The molecular formula is C8H12N2S. The summed E-state index contributed by atoms with van der Waals surface area (Å²) in [5.74, 6) is 0.667. The predicted molar refractivity (Wildman–Crippen MR) is 50.2 cm³/mol. The molecule has 0 aliphatic carbocycles. The minimum Gasteiger partial charge on any atom is -0.388 e. The van der Waals surface area contributed by atoms with Crippen molar-refractivity contribution >= 4 is 17.2 Å². The number of nitrogens with two attached hydrogens (primary N) is 1. The van der Waals surface area contributed by atoms with Gasteiger partial charge in [-0.25, -0.2) is 0 Å². The van der Waals surface area contributed by atoms with Gasteiger partial charge in [0.1, 0.15) is 0 Å². The highest BCUT2D eigenvalue weighted by Crippen LogP contribution is 2.06. The van der Waals surface area contributed by atoms with Crippen molar-refractivity contribution in [2.45, 2.75) is 13.3 Å². The smallest absolute Gasteiger partial charge is 0.0905 e. The molecule has 1 rings (SSSR count). The van der Waals surface area contributed by atoms with Crippen molar-refractivity contribution in [2.24, 2.45) is 10.7 Å². The number of hydrogen-bond acceptors (Lipinski definition) is 2. The third kappa shape index (κ3) is 3.18. The molecule has 0 aliphatic heterocycles. The second kappa shape index (κ2) is 4.13. The molecule has 60 valence electrons. The Morgan fingerprint density at radius 3 is 3.09 bits per heavy atom. The van der Waals surface area contributed by atoms with Crippen molar-refractivity contribution in [2.75, 3.05) is 6.54 Å². The van der Waals surface area contributed by atoms with Gasteiger partial charge in [0.05, 0.1) is 5.84 Å². The van der Waals surface area contributed by atoms with Crippen LogP contribution in [0.5, 0.6) is 0 Å². The highest BCUT2D eigenvalue weighted by Gasteiger charge is 1.90. The van der Waals surface area contributed by atoms with Crippen LogP contribution in [0, 0.1) is 0 Å². The van der Waals surface area contributed by atoms with E-state index in [4.69, 9.17) is 5.73 Å². The highest BCUT2D eigenvalue weighted by atomic mass is 32.1. The average molecular weight is 168 g/mol. The summed E-state index contributed by atoms with van der Waals surface area (Å²) in [5, 5.41) is 4.22. The standard InChI is InChI=1S/C8H12N2S/c1-7(9)10-4-2-8-3-5-11-6-8/h3,5-6H,2,4H2,1H3,(H2,9,10). The molecule has 0 saturated carbocycles. The second-order valence-corrected chi connectivity index (χ2v) is 3.18. The summed E-state index contributed by atoms with van der Waals surface area (Å²) >= 11 is 1.72. The van der Waals surface area contributed by atoms with E-state index in [2.05, 4.69) is 21.8 Å². The Balaban J connectivity index is 2.30. The maximum atomic E-state index is 5.38. The van der Waals surface area contributed by atoms with Crippen molar-refractivity contribution in [3.8, 4) is 0 Å². The fourth-order valence-electron chi connectivity index (χ4n) is 0.796. The van der Waals surface area contributed by atoms with Gasteiger partial charge >= 0.3 is 0 Å². The molecule has 0 aliphatic rings. The van der Waals surface area contributed by atoms with E-state index in [9.17, 15) is 0 Å². The summed E-state index contributed by atoms with van der Waals surface area (Å²) in [5.41, 5.74) is 6.73.